The lowest BCUT2D eigenvalue weighted by atomic mass is 9.97. The SMILES string of the molecule is CCn1cnc2c(c(C)cn2Cc2ccc(C(=O)c3ccccc3CN3CCN(c4ccccc4)CC3)cc2)c1=O. The summed E-state index contributed by atoms with van der Waals surface area (Å²) in [7, 11) is 0. The number of rotatable bonds is 8. The number of benzene rings is 3. The number of carbonyl (C=O) groups is 1. The second-order valence-electron chi connectivity index (χ2n) is 10.8. The summed E-state index contributed by atoms with van der Waals surface area (Å²) < 4.78 is 3.64. The first-order valence-electron chi connectivity index (χ1n) is 14.3. The Morgan fingerprint density at radius 2 is 1.54 bits per heavy atom. The maximum Gasteiger partial charge on any atom is 0.263 e. The first-order chi connectivity index (χ1) is 20.0. The van der Waals surface area contributed by atoms with Crippen LogP contribution in [0.4, 0.5) is 5.69 Å². The van der Waals surface area contributed by atoms with E-state index < -0.39 is 0 Å². The zero-order valence-corrected chi connectivity index (χ0v) is 23.7. The van der Waals surface area contributed by atoms with E-state index in [1.807, 2.05) is 67.1 Å². The summed E-state index contributed by atoms with van der Waals surface area (Å²) in [5, 5.41) is 0.666. The van der Waals surface area contributed by atoms with E-state index in [1.165, 1.54) is 5.69 Å². The molecule has 0 amide bonds. The van der Waals surface area contributed by atoms with E-state index in [9.17, 15) is 9.59 Å². The van der Waals surface area contributed by atoms with Gasteiger partial charge in [-0.05, 0) is 42.7 Å². The number of piperazine rings is 1. The molecule has 2 aromatic heterocycles. The van der Waals surface area contributed by atoms with Gasteiger partial charge in [-0.1, -0.05) is 66.7 Å². The highest BCUT2D eigenvalue weighted by molar-refractivity contribution is 6.09. The Kier molecular flexibility index (Phi) is 7.53. The standard InChI is InChI=1S/C34H35N5O2/c1-3-37-24-35-33-31(34(37)41)25(2)21-39(33)22-26-13-15-27(16-14-26)32(40)30-12-8-7-9-28(30)23-36-17-19-38(20-18-36)29-10-5-4-6-11-29/h4-16,21,24H,3,17-20,22-23H2,1-2H3. The van der Waals surface area contributed by atoms with Crippen molar-refractivity contribution in [3.05, 3.63) is 130 Å². The van der Waals surface area contributed by atoms with Crippen molar-refractivity contribution in [1.29, 1.82) is 0 Å². The van der Waals surface area contributed by atoms with Gasteiger partial charge in [0.15, 0.2) is 5.78 Å². The third-order valence-corrected chi connectivity index (χ3v) is 8.09. The van der Waals surface area contributed by atoms with Gasteiger partial charge in [0.1, 0.15) is 5.65 Å². The Morgan fingerprint density at radius 3 is 2.27 bits per heavy atom. The third kappa shape index (κ3) is 5.45. The van der Waals surface area contributed by atoms with Gasteiger partial charge in [0.2, 0.25) is 0 Å². The summed E-state index contributed by atoms with van der Waals surface area (Å²) in [5.74, 6) is 0.0408. The molecular formula is C34H35N5O2. The lowest BCUT2D eigenvalue weighted by Gasteiger charge is -2.36. The predicted molar refractivity (Wildman–Crippen MR) is 164 cm³/mol. The number of aryl methyl sites for hydroxylation is 2. The normalized spacial score (nSPS) is 14.0. The molecule has 0 N–H and O–H groups in total. The minimum absolute atomic E-state index is 0.00793. The smallest absolute Gasteiger partial charge is 0.263 e. The van der Waals surface area contributed by atoms with Gasteiger partial charge < -0.3 is 9.47 Å². The molecule has 0 spiro atoms. The quantitative estimate of drug-likeness (QED) is 0.253. The van der Waals surface area contributed by atoms with Crippen molar-refractivity contribution in [2.45, 2.75) is 33.5 Å². The summed E-state index contributed by atoms with van der Waals surface area (Å²) in [6.07, 6.45) is 3.59. The Bertz CT molecular complexity index is 1730. The maximum atomic E-state index is 13.6. The van der Waals surface area contributed by atoms with Gasteiger partial charge in [-0.2, -0.15) is 0 Å². The van der Waals surface area contributed by atoms with Crippen molar-refractivity contribution in [2.75, 3.05) is 31.1 Å². The van der Waals surface area contributed by atoms with Gasteiger partial charge >= 0.3 is 0 Å². The molecule has 1 fully saturated rings. The Morgan fingerprint density at radius 1 is 0.829 bits per heavy atom. The van der Waals surface area contributed by atoms with Crippen LogP contribution in [0.15, 0.2) is 96.2 Å². The van der Waals surface area contributed by atoms with Crippen molar-refractivity contribution < 1.29 is 4.79 Å². The number of aromatic nitrogens is 3. The van der Waals surface area contributed by atoms with Crippen LogP contribution in [0, 0.1) is 6.92 Å². The molecule has 6 rings (SSSR count). The second-order valence-corrected chi connectivity index (χ2v) is 10.8. The van der Waals surface area contributed by atoms with Gasteiger partial charge in [-0.15, -0.1) is 0 Å². The molecule has 1 saturated heterocycles. The third-order valence-electron chi connectivity index (χ3n) is 8.09. The lowest BCUT2D eigenvalue weighted by molar-refractivity contribution is 0.103. The van der Waals surface area contributed by atoms with Crippen molar-refractivity contribution >= 4 is 22.5 Å². The largest absolute Gasteiger partial charge is 0.369 e. The first-order valence-corrected chi connectivity index (χ1v) is 14.3. The van der Waals surface area contributed by atoms with E-state index in [1.54, 1.807) is 10.9 Å². The molecule has 0 bridgehead atoms. The van der Waals surface area contributed by atoms with Crippen molar-refractivity contribution in [2.24, 2.45) is 0 Å². The molecule has 0 radical (unpaired) electrons. The molecule has 0 atom stereocenters. The number of anilines is 1. The molecular weight excluding hydrogens is 510 g/mol. The van der Waals surface area contributed by atoms with Crippen LogP contribution in [0.5, 0.6) is 0 Å². The highest BCUT2D eigenvalue weighted by Crippen LogP contribution is 2.21. The molecule has 7 nitrogen and oxygen atoms in total. The van der Waals surface area contributed by atoms with E-state index in [0.717, 1.165) is 55.0 Å². The minimum Gasteiger partial charge on any atom is -0.369 e. The number of nitrogens with zero attached hydrogens (tertiary/aromatic N) is 5. The van der Waals surface area contributed by atoms with Gasteiger partial charge in [0.25, 0.3) is 5.56 Å². The minimum atomic E-state index is -0.00793. The monoisotopic (exact) mass is 545 g/mol. The van der Waals surface area contributed by atoms with Crippen LogP contribution in [0.3, 0.4) is 0 Å². The van der Waals surface area contributed by atoms with E-state index in [4.69, 9.17) is 0 Å². The number of carbonyl (C=O) groups excluding carboxylic acids is 1. The number of fused-ring (bicyclic) bond motifs is 1. The molecule has 208 valence electrons. The molecule has 7 heteroatoms. The molecule has 5 aromatic rings. The molecule has 1 aliphatic rings. The first kappa shape index (κ1) is 26.7. The van der Waals surface area contributed by atoms with Crippen LogP contribution in [0.1, 0.15) is 39.5 Å². The Labute approximate surface area is 240 Å². The van der Waals surface area contributed by atoms with Crippen LogP contribution >= 0.6 is 0 Å². The number of para-hydroxylation sites is 1. The van der Waals surface area contributed by atoms with Crippen LogP contribution < -0.4 is 10.5 Å². The molecule has 3 aromatic carbocycles. The average molecular weight is 546 g/mol. The summed E-state index contributed by atoms with van der Waals surface area (Å²) >= 11 is 0. The number of ketones is 1. The van der Waals surface area contributed by atoms with Crippen LogP contribution in [0.2, 0.25) is 0 Å². The van der Waals surface area contributed by atoms with Gasteiger partial charge in [-0.3, -0.25) is 19.1 Å². The fourth-order valence-corrected chi connectivity index (χ4v) is 5.79. The number of hydrogen-bond acceptors (Lipinski definition) is 5. The Hall–Kier alpha value is -4.49. The van der Waals surface area contributed by atoms with Crippen molar-refractivity contribution in [3.8, 4) is 0 Å². The Balaban J connectivity index is 1.15. The second kappa shape index (κ2) is 11.6. The zero-order valence-electron chi connectivity index (χ0n) is 23.7. The fourth-order valence-electron chi connectivity index (χ4n) is 5.79. The van der Waals surface area contributed by atoms with E-state index in [2.05, 4.69) is 51.2 Å². The summed E-state index contributed by atoms with van der Waals surface area (Å²) in [4.78, 5) is 35.8. The van der Waals surface area contributed by atoms with E-state index in [-0.39, 0.29) is 11.3 Å². The highest BCUT2D eigenvalue weighted by Gasteiger charge is 2.20. The van der Waals surface area contributed by atoms with Gasteiger partial charge in [0.05, 0.1) is 11.7 Å². The average Bonchev–Trinajstić information content (AvgIpc) is 3.33. The van der Waals surface area contributed by atoms with Crippen LogP contribution in [-0.2, 0) is 19.6 Å². The maximum absolute atomic E-state index is 13.6. The summed E-state index contributed by atoms with van der Waals surface area (Å²) in [6, 6.07) is 26.3. The number of hydrogen-bond donors (Lipinski definition) is 0. The molecule has 0 saturated carbocycles. The molecule has 41 heavy (non-hydrogen) atoms. The summed E-state index contributed by atoms with van der Waals surface area (Å²) in [6.45, 7) is 9.68. The highest BCUT2D eigenvalue weighted by atomic mass is 16.1. The van der Waals surface area contributed by atoms with Crippen LogP contribution in [0.25, 0.3) is 11.0 Å². The summed E-state index contributed by atoms with van der Waals surface area (Å²) in [5.41, 5.74) is 6.41. The predicted octanol–water partition coefficient (Wildman–Crippen LogP) is 5.13. The van der Waals surface area contributed by atoms with Gasteiger partial charge in [-0.25, -0.2) is 4.98 Å². The van der Waals surface area contributed by atoms with Crippen molar-refractivity contribution in [3.63, 3.8) is 0 Å². The zero-order chi connectivity index (χ0) is 28.3. The van der Waals surface area contributed by atoms with Crippen molar-refractivity contribution in [1.82, 2.24) is 19.0 Å². The van der Waals surface area contributed by atoms with E-state index >= 15 is 0 Å². The molecule has 1 aliphatic heterocycles. The molecule has 3 heterocycles. The topological polar surface area (TPSA) is 63.4 Å². The lowest BCUT2D eigenvalue weighted by Crippen LogP contribution is -2.46. The fraction of sp³-hybridized carbons (Fsp3) is 0.265. The van der Waals surface area contributed by atoms with E-state index in [0.29, 0.717) is 29.7 Å². The van der Waals surface area contributed by atoms with Gasteiger partial charge in [0, 0.05) is 68.8 Å². The van der Waals surface area contributed by atoms with Crippen LogP contribution in [-0.4, -0.2) is 51.0 Å². The molecule has 0 unspecified atom stereocenters. The molecule has 0 aliphatic carbocycles.